The zero-order chi connectivity index (χ0) is 18.1. The lowest BCUT2D eigenvalue weighted by atomic mass is 10.1. The van der Waals surface area contributed by atoms with Gasteiger partial charge in [0, 0.05) is 19.8 Å². The first-order valence-electron chi connectivity index (χ1n) is 8.01. The number of anilines is 2. The van der Waals surface area contributed by atoms with Crippen molar-refractivity contribution in [3.05, 3.63) is 54.4 Å². The third-order valence-corrected chi connectivity index (χ3v) is 3.89. The third kappa shape index (κ3) is 2.92. The summed E-state index contributed by atoms with van der Waals surface area (Å²) in [5.74, 6) is 1.38. The van der Waals surface area contributed by atoms with Crippen molar-refractivity contribution in [3.63, 3.8) is 0 Å². The van der Waals surface area contributed by atoms with Gasteiger partial charge < -0.3 is 19.7 Å². The molecular weight excluding hydrogens is 334 g/mol. The summed E-state index contributed by atoms with van der Waals surface area (Å²) in [6, 6.07) is 12.6. The molecule has 0 spiro atoms. The molecule has 0 unspecified atom stereocenters. The smallest absolute Gasteiger partial charge is 0.259 e. The molecule has 0 saturated carbocycles. The Morgan fingerprint density at radius 1 is 1.19 bits per heavy atom. The molecule has 8 heteroatoms. The molecule has 132 valence electrons. The number of carbonyl (C=O) groups excluding carboxylic acids is 1. The van der Waals surface area contributed by atoms with Crippen molar-refractivity contribution in [1.82, 2.24) is 14.8 Å². The summed E-state index contributed by atoms with van der Waals surface area (Å²) in [7, 11) is 3.75. The molecule has 2 aromatic carbocycles. The van der Waals surface area contributed by atoms with Crippen LogP contribution in [0.4, 0.5) is 11.6 Å². The van der Waals surface area contributed by atoms with Gasteiger partial charge in [-0.05, 0) is 30.3 Å². The number of rotatable bonds is 4. The maximum Gasteiger partial charge on any atom is 0.259 e. The number of ether oxygens (including phenoxy) is 2. The number of para-hydroxylation sites is 1. The van der Waals surface area contributed by atoms with E-state index < -0.39 is 0 Å². The molecule has 0 bridgehead atoms. The van der Waals surface area contributed by atoms with Gasteiger partial charge in [0.15, 0.2) is 11.5 Å². The van der Waals surface area contributed by atoms with Gasteiger partial charge in [-0.1, -0.05) is 12.1 Å². The van der Waals surface area contributed by atoms with Crippen LogP contribution in [-0.2, 0) is 0 Å². The van der Waals surface area contributed by atoms with Gasteiger partial charge in [0.25, 0.3) is 5.91 Å². The van der Waals surface area contributed by atoms with E-state index in [1.54, 1.807) is 29.2 Å². The number of fused-ring (bicyclic) bond motifs is 1. The minimum Gasteiger partial charge on any atom is -0.454 e. The minimum atomic E-state index is -0.267. The first-order valence-corrected chi connectivity index (χ1v) is 8.01. The monoisotopic (exact) mass is 351 g/mol. The molecule has 1 N–H and O–H groups in total. The Morgan fingerprint density at radius 3 is 2.85 bits per heavy atom. The molecule has 0 fully saturated rings. The van der Waals surface area contributed by atoms with Crippen LogP contribution < -0.4 is 19.7 Å². The second kappa shape index (κ2) is 6.40. The van der Waals surface area contributed by atoms with E-state index in [1.807, 2.05) is 43.3 Å². The number of amides is 1. The first kappa shape index (κ1) is 15.9. The maximum atomic E-state index is 12.6. The molecule has 0 aliphatic carbocycles. The summed E-state index contributed by atoms with van der Waals surface area (Å²) < 4.78 is 12.4. The molecule has 4 rings (SSSR count). The van der Waals surface area contributed by atoms with Crippen LogP contribution in [0.3, 0.4) is 0 Å². The Balaban J connectivity index is 1.57. The van der Waals surface area contributed by atoms with Crippen LogP contribution in [0.15, 0.2) is 48.8 Å². The van der Waals surface area contributed by atoms with Crippen molar-refractivity contribution in [2.45, 2.75) is 0 Å². The zero-order valence-electron chi connectivity index (χ0n) is 14.3. The van der Waals surface area contributed by atoms with Crippen molar-refractivity contribution in [2.24, 2.45) is 0 Å². The van der Waals surface area contributed by atoms with Crippen molar-refractivity contribution >= 4 is 17.5 Å². The van der Waals surface area contributed by atoms with E-state index in [4.69, 9.17) is 9.47 Å². The van der Waals surface area contributed by atoms with E-state index >= 15 is 0 Å². The van der Waals surface area contributed by atoms with Gasteiger partial charge in [-0.2, -0.15) is 4.98 Å². The van der Waals surface area contributed by atoms with E-state index in [0.717, 1.165) is 5.69 Å². The molecule has 1 aliphatic rings. The number of hydrogen-bond acceptors (Lipinski definition) is 6. The summed E-state index contributed by atoms with van der Waals surface area (Å²) in [4.78, 5) is 18.7. The Labute approximate surface area is 150 Å². The van der Waals surface area contributed by atoms with Crippen LogP contribution in [-0.4, -0.2) is 41.6 Å². The van der Waals surface area contributed by atoms with Crippen molar-refractivity contribution in [2.75, 3.05) is 31.1 Å². The second-order valence-corrected chi connectivity index (χ2v) is 5.93. The molecule has 26 heavy (non-hydrogen) atoms. The number of aromatic nitrogens is 3. The fourth-order valence-corrected chi connectivity index (χ4v) is 2.62. The van der Waals surface area contributed by atoms with E-state index in [-0.39, 0.29) is 12.7 Å². The maximum absolute atomic E-state index is 12.6. The minimum absolute atomic E-state index is 0.121. The van der Waals surface area contributed by atoms with Gasteiger partial charge in [-0.25, -0.2) is 4.68 Å². The van der Waals surface area contributed by atoms with Crippen molar-refractivity contribution in [3.8, 4) is 17.2 Å². The predicted molar refractivity (Wildman–Crippen MR) is 96.2 cm³/mol. The average molecular weight is 351 g/mol. The van der Waals surface area contributed by atoms with E-state index in [1.165, 1.54) is 0 Å². The molecule has 3 aromatic rings. The fraction of sp³-hybridized carbons (Fsp3) is 0.167. The Hall–Kier alpha value is -3.55. The lowest BCUT2D eigenvalue weighted by Crippen LogP contribution is -2.13. The van der Waals surface area contributed by atoms with E-state index in [9.17, 15) is 4.79 Å². The molecule has 1 amide bonds. The van der Waals surface area contributed by atoms with Crippen LogP contribution in [0.5, 0.6) is 11.5 Å². The first-order chi connectivity index (χ1) is 12.6. The van der Waals surface area contributed by atoms with Crippen LogP contribution in [0, 0.1) is 0 Å². The summed E-state index contributed by atoms with van der Waals surface area (Å²) in [6.07, 6.45) is 1.63. The second-order valence-electron chi connectivity index (χ2n) is 5.93. The molecule has 2 heterocycles. The lowest BCUT2D eigenvalue weighted by molar-refractivity contribution is 0.102. The standard InChI is InChI=1S/C18H17N5O3/c1-22(2)18-19-10-23(21-18)13-6-3-5-12(9-13)20-17(24)14-7-4-8-15-16(14)26-11-25-15/h3-10H,11H2,1-2H3,(H,20,24). The van der Waals surface area contributed by atoms with Crippen LogP contribution >= 0.6 is 0 Å². The normalized spacial score (nSPS) is 12.1. The van der Waals surface area contributed by atoms with Crippen molar-refractivity contribution < 1.29 is 14.3 Å². The highest BCUT2D eigenvalue weighted by Gasteiger charge is 2.21. The van der Waals surface area contributed by atoms with Crippen LogP contribution in [0.1, 0.15) is 10.4 Å². The number of nitrogens with zero attached hydrogens (tertiary/aromatic N) is 4. The van der Waals surface area contributed by atoms with E-state index in [2.05, 4.69) is 15.4 Å². The summed E-state index contributed by atoms with van der Waals surface area (Å²) in [5, 5.41) is 7.27. The van der Waals surface area contributed by atoms with Gasteiger partial charge >= 0.3 is 0 Å². The quantitative estimate of drug-likeness (QED) is 0.777. The number of benzene rings is 2. The Morgan fingerprint density at radius 2 is 2.04 bits per heavy atom. The fourth-order valence-electron chi connectivity index (χ4n) is 2.62. The highest BCUT2D eigenvalue weighted by Crippen LogP contribution is 2.35. The van der Waals surface area contributed by atoms with Crippen LogP contribution in [0.2, 0.25) is 0 Å². The van der Waals surface area contributed by atoms with Gasteiger partial charge in [0.2, 0.25) is 12.7 Å². The Kier molecular flexibility index (Phi) is 3.92. The molecular formula is C18H17N5O3. The summed E-state index contributed by atoms with van der Waals surface area (Å²) >= 11 is 0. The highest BCUT2D eigenvalue weighted by molar-refractivity contribution is 6.06. The van der Waals surface area contributed by atoms with Gasteiger partial charge in [0.1, 0.15) is 6.33 Å². The molecule has 0 radical (unpaired) electrons. The highest BCUT2D eigenvalue weighted by atomic mass is 16.7. The topological polar surface area (TPSA) is 81.5 Å². The molecule has 0 atom stereocenters. The van der Waals surface area contributed by atoms with Gasteiger partial charge in [0.05, 0.1) is 11.3 Å². The molecule has 1 aliphatic heterocycles. The number of hydrogen-bond donors (Lipinski definition) is 1. The number of nitrogens with one attached hydrogen (secondary N) is 1. The Bertz CT molecular complexity index is 967. The van der Waals surface area contributed by atoms with Crippen molar-refractivity contribution in [1.29, 1.82) is 0 Å². The summed E-state index contributed by atoms with van der Waals surface area (Å²) in [5.41, 5.74) is 1.87. The average Bonchev–Trinajstić information content (AvgIpc) is 3.31. The number of carbonyl (C=O) groups is 1. The third-order valence-electron chi connectivity index (χ3n) is 3.89. The molecule has 1 aromatic heterocycles. The van der Waals surface area contributed by atoms with Gasteiger partial charge in [-0.15, -0.1) is 5.10 Å². The lowest BCUT2D eigenvalue weighted by Gasteiger charge is -2.09. The largest absolute Gasteiger partial charge is 0.454 e. The SMILES string of the molecule is CN(C)c1ncn(-c2cccc(NC(=O)c3cccc4c3OCO4)c2)n1. The predicted octanol–water partition coefficient (Wildman–Crippen LogP) is 2.31. The van der Waals surface area contributed by atoms with Gasteiger partial charge in [-0.3, -0.25) is 4.79 Å². The zero-order valence-corrected chi connectivity index (χ0v) is 14.3. The molecule has 8 nitrogen and oxygen atoms in total. The van der Waals surface area contributed by atoms with E-state index in [0.29, 0.717) is 28.7 Å². The van der Waals surface area contributed by atoms with Crippen LogP contribution in [0.25, 0.3) is 5.69 Å². The molecule has 0 saturated heterocycles. The summed E-state index contributed by atoms with van der Waals surface area (Å²) in [6.45, 7) is 0.121.